The molecule has 1 atom stereocenters. The molecule has 0 saturated carbocycles. The fourth-order valence-electron chi connectivity index (χ4n) is 2.19. The maximum Gasteiger partial charge on any atom is 0.243 e. The third kappa shape index (κ3) is 3.83. The number of rotatable bonds is 4. The Labute approximate surface area is 124 Å². The van der Waals surface area contributed by atoms with Crippen molar-refractivity contribution >= 4 is 11.6 Å². The second-order valence-electron chi connectivity index (χ2n) is 5.21. The van der Waals surface area contributed by atoms with E-state index in [1.54, 1.807) is 36.2 Å². The van der Waals surface area contributed by atoms with Gasteiger partial charge in [0.25, 0.3) is 0 Å². The van der Waals surface area contributed by atoms with Crippen LogP contribution in [0.25, 0.3) is 0 Å². The standard InChI is InChI=1S/C17H20N2O2/c1-12-4-3-5-14(10-12)19(2)17(21)16(18)11-13-6-8-15(20)9-7-13/h3-10,16,20H,11,18H2,1-2H3/t16-/m1/s1. The maximum absolute atomic E-state index is 12.4. The van der Waals surface area contributed by atoms with Crippen molar-refractivity contribution in [2.45, 2.75) is 19.4 Å². The Morgan fingerprint density at radius 1 is 1.24 bits per heavy atom. The van der Waals surface area contributed by atoms with E-state index in [4.69, 9.17) is 5.73 Å². The molecule has 0 unspecified atom stereocenters. The number of carbonyl (C=O) groups is 1. The van der Waals surface area contributed by atoms with Crippen molar-refractivity contribution in [3.05, 3.63) is 59.7 Å². The summed E-state index contributed by atoms with van der Waals surface area (Å²) in [6.45, 7) is 1.98. The van der Waals surface area contributed by atoms with Crippen LogP contribution in [0, 0.1) is 6.92 Å². The Hall–Kier alpha value is -2.33. The van der Waals surface area contributed by atoms with Gasteiger partial charge in [0.05, 0.1) is 6.04 Å². The fraction of sp³-hybridized carbons (Fsp3) is 0.235. The number of phenolic OH excluding ortho intramolecular Hbond substituents is 1. The lowest BCUT2D eigenvalue weighted by atomic mass is 10.1. The molecule has 2 aromatic rings. The molecule has 0 aliphatic rings. The number of hydrogen-bond acceptors (Lipinski definition) is 3. The molecular formula is C17H20N2O2. The maximum atomic E-state index is 12.4. The van der Waals surface area contributed by atoms with Gasteiger partial charge < -0.3 is 15.7 Å². The zero-order valence-corrected chi connectivity index (χ0v) is 12.3. The Kier molecular flexibility index (Phi) is 4.60. The van der Waals surface area contributed by atoms with Gasteiger partial charge >= 0.3 is 0 Å². The molecule has 2 rings (SSSR count). The number of amides is 1. The minimum Gasteiger partial charge on any atom is -0.508 e. The minimum absolute atomic E-state index is 0.131. The molecule has 0 fully saturated rings. The van der Waals surface area contributed by atoms with Crippen LogP contribution in [0.15, 0.2) is 48.5 Å². The average molecular weight is 284 g/mol. The lowest BCUT2D eigenvalue weighted by molar-refractivity contribution is -0.119. The van der Waals surface area contributed by atoms with E-state index < -0.39 is 6.04 Å². The number of aromatic hydroxyl groups is 1. The van der Waals surface area contributed by atoms with Crippen molar-refractivity contribution < 1.29 is 9.90 Å². The summed E-state index contributed by atoms with van der Waals surface area (Å²) >= 11 is 0. The van der Waals surface area contributed by atoms with Crippen LogP contribution in [0.1, 0.15) is 11.1 Å². The molecule has 0 bridgehead atoms. The number of phenols is 1. The lowest BCUT2D eigenvalue weighted by Gasteiger charge is -2.22. The van der Waals surface area contributed by atoms with Crippen LogP contribution in [0.3, 0.4) is 0 Å². The van der Waals surface area contributed by atoms with E-state index in [0.29, 0.717) is 6.42 Å². The van der Waals surface area contributed by atoms with Gasteiger partial charge in [-0.1, -0.05) is 24.3 Å². The number of hydrogen-bond donors (Lipinski definition) is 2. The SMILES string of the molecule is Cc1cccc(N(C)C(=O)[C@H](N)Cc2ccc(O)cc2)c1. The molecule has 0 aliphatic carbocycles. The predicted octanol–water partition coefficient (Wildman–Crippen LogP) is 2.23. The average Bonchev–Trinajstić information content (AvgIpc) is 2.48. The molecule has 4 nitrogen and oxygen atoms in total. The van der Waals surface area contributed by atoms with Crippen LogP contribution in [0.2, 0.25) is 0 Å². The van der Waals surface area contributed by atoms with Gasteiger partial charge in [0.1, 0.15) is 5.75 Å². The highest BCUT2D eigenvalue weighted by atomic mass is 16.3. The van der Waals surface area contributed by atoms with Gasteiger partial charge in [-0.3, -0.25) is 4.79 Å². The largest absolute Gasteiger partial charge is 0.508 e. The van der Waals surface area contributed by atoms with Crippen molar-refractivity contribution in [3.63, 3.8) is 0 Å². The number of benzene rings is 2. The van der Waals surface area contributed by atoms with E-state index in [9.17, 15) is 9.90 Å². The molecule has 110 valence electrons. The minimum atomic E-state index is -0.611. The van der Waals surface area contributed by atoms with E-state index in [0.717, 1.165) is 16.8 Å². The van der Waals surface area contributed by atoms with Crippen LogP contribution >= 0.6 is 0 Å². The van der Waals surface area contributed by atoms with Crippen molar-refractivity contribution in [2.24, 2.45) is 5.73 Å². The normalized spacial score (nSPS) is 12.0. The van der Waals surface area contributed by atoms with Gasteiger partial charge in [-0.15, -0.1) is 0 Å². The first-order valence-corrected chi connectivity index (χ1v) is 6.85. The molecule has 0 radical (unpaired) electrons. The molecule has 3 N–H and O–H groups in total. The number of carbonyl (C=O) groups excluding carboxylic acids is 1. The highest BCUT2D eigenvalue weighted by Gasteiger charge is 2.19. The van der Waals surface area contributed by atoms with Gasteiger partial charge in [-0.05, 0) is 48.7 Å². The Morgan fingerprint density at radius 2 is 1.90 bits per heavy atom. The van der Waals surface area contributed by atoms with Gasteiger partial charge in [0.2, 0.25) is 5.91 Å². The lowest BCUT2D eigenvalue weighted by Crippen LogP contribution is -2.43. The van der Waals surface area contributed by atoms with Crippen molar-refractivity contribution in [1.82, 2.24) is 0 Å². The topological polar surface area (TPSA) is 66.6 Å². The quantitative estimate of drug-likeness (QED) is 0.904. The van der Waals surface area contributed by atoms with Crippen molar-refractivity contribution in [2.75, 3.05) is 11.9 Å². The molecule has 0 spiro atoms. The number of nitrogens with two attached hydrogens (primary N) is 1. The first-order chi connectivity index (χ1) is 9.97. The van der Waals surface area contributed by atoms with Crippen molar-refractivity contribution in [3.8, 4) is 5.75 Å². The molecule has 21 heavy (non-hydrogen) atoms. The van der Waals surface area contributed by atoms with Crippen LogP contribution in [-0.4, -0.2) is 24.1 Å². The van der Waals surface area contributed by atoms with Gasteiger partial charge in [-0.2, -0.15) is 0 Å². The van der Waals surface area contributed by atoms with Gasteiger partial charge in [-0.25, -0.2) is 0 Å². The van der Waals surface area contributed by atoms with Crippen LogP contribution in [0.5, 0.6) is 5.75 Å². The van der Waals surface area contributed by atoms with Crippen LogP contribution in [-0.2, 0) is 11.2 Å². The summed E-state index contributed by atoms with van der Waals surface area (Å²) in [5.41, 5.74) is 8.86. The number of aryl methyl sites for hydroxylation is 1. The smallest absolute Gasteiger partial charge is 0.243 e. The first-order valence-electron chi connectivity index (χ1n) is 6.85. The zero-order valence-electron chi connectivity index (χ0n) is 12.3. The number of nitrogens with zero attached hydrogens (tertiary/aromatic N) is 1. The molecule has 2 aromatic carbocycles. The van der Waals surface area contributed by atoms with Gasteiger partial charge in [0.15, 0.2) is 0 Å². The van der Waals surface area contributed by atoms with E-state index >= 15 is 0 Å². The summed E-state index contributed by atoms with van der Waals surface area (Å²) in [6.07, 6.45) is 0.440. The zero-order chi connectivity index (χ0) is 15.4. The Bertz CT molecular complexity index is 623. The monoisotopic (exact) mass is 284 g/mol. The first kappa shape index (κ1) is 15.1. The molecule has 1 amide bonds. The highest BCUT2D eigenvalue weighted by molar-refractivity contribution is 5.96. The summed E-state index contributed by atoms with van der Waals surface area (Å²) in [7, 11) is 1.73. The third-order valence-electron chi connectivity index (χ3n) is 3.43. The number of anilines is 1. The number of likely N-dealkylation sites (N-methyl/N-ethyl adjacent to an activating group) is 1. The molecule has 0 heterocycles. The third-order valence-corrected chi connectivity index (χ3v) is 3.43. The summed E-state index contributed by atoms with van der Waals surface area (Å²) in [4.78, 5) is 14.0. The highest BCUT2D eigenvalue weighted by Crippen LogP contribution is 2.16. The molecule has 4 heteroatoms. The molecule has 0 saturated heterocycles. The molecule has 0 aromatic heterocycles. The Balaban J connectivity index is 2.06. The van der Waals surface area contributed by atoms with E-state index in [1.165, 1.54) is 0 Å². The summed E-state index contributed by atoms with van der Waals surface area (Å²) in [5.74, 6) is 0.0733. The van der Waals surface area contributed by atoms with Gasteiger partial charge in [0, 0.05) is 12.7 Å². The van der Waals surface area contributed by atoms with E-state index in [-0.39, 0.29) is 11.7 Å². The molecule has 0 aliphatic heterocycles. The van der Waals surface area contributed by atoms with Crippen molar-refractivity contribution in [1.29, 1.82) is 0 Å². The predicted molar refractivity (Wildman–Crippen MR) is 84.4 cm³/mol. The van der Waals surface area contributed by atoms with Crippen LogP contribution in [0.4, 0.5) is 5.69 Å². The molecular weight excluding hydrogens is 264 g/mol. The fourth-order valence-corrected chi connectivity index (χ4v) is 2.19. The van der Waals surface area contributed by atoms with E-state index in [1.807, 2.05) is 31.2 Å². The summed E-state index contributed by atoms with van der Waals surface area (Å²) in [5, 5.41) is 9.26. The second-order valence-corrected chi connectivity index (χ2v) is 5.21. The van der Waals surface area contributed by atoms with E-state index in [2.05, 4.69) is 0 Å². The van der Waals surface area contributed by atoms with Crippen LogP contribution < -0.4 is 10.6 Å². The Morgan fingerprint density at radius 3 is 2.52 bits per heavy atom. The summed E-state index contributed by atoms with van der Waals surface area (Å²) < 4.78 is 0. The summed E-state index contributed by atoms with van der Waals surface area (Å²) in [6, 6.07) is 13.9. The second kappa shape index (κ2) is 6.41.